The quantitative estimate of drug-likeness (QED) is 0.678. The van der Waals surface area contributed by atoms with E-state index in [-0.39, 0.29) is 5.41 Å². The molecule has 0 fully saturated rings. The van der Waals surface area contributed by atoms with E-state index in [2.05, 4.69) is 44.6 Å². The van der Waals surface area contributed by atoms with Gasteiger partial charge in [0.25, 0.3) is 0 Å². The van der Waals surface area contributed by atoms with E-state index in [1.54, 1.807) is 0 Å². The van der Waals surface area contributed by atoms with Crippen LogP contribution in [-0.2, 0) is 5.41 Å². The molecule has 1 aromatic heterocycles. The summed E-state index contributed by atoms with van der Waals surface area (Å²) in [6.07, 6.45) is 8.17. The lowest BCUT2D eigenvalue weighted by Gasteiger charge is -2.25. The number of hydrogen-bond donors (Lipinski definition) is 1. The normalized spacial score (nSPS) is 13.9. The van der Waals surface area contributed by atoms with Crippen molar-refractivity contribution in [3.05, 3.63) is 17.7 Å². The van der Waals surface area contributed by atoms with Crippen LogP contribution in [0.3, 0.4) is 0 Å². The summed E-state index contributed by atoms with van der Waals surface area (Å²) in [5.41, 5.74) is 2.82. The maximum Gasteiger partial charge on any atom is 0.0925 e. The van der Waals surface area contributed by atoms with Gasteiger partial charge < -0.3 is 4.98 Å². The van der Waals surface area contributed by atoms with Crippen molar-refractivity contribution in [1.29, 1.82) is 0 Å². The van der Waals surface area contributed by atoms with Crippen molar-refractivity contribution in [3.63, 3.8) is 0 Å². The van der Waals surface area contributed by atoms with Crippen LogP contribution in [0, 0.1) is 0 Å². The Kier molecular flexibility index (Phi) is 5.23. The molecule has 0 radical (unpaired) electrons. The molecular weight excluding hydrogens is 208 g/mol. The van der Waals surface area contributed by atoms with Gasteiger partial charge >= 0.3 is 0 Å². The zero-order chi connectivity index (χ0) is 12.9. The fourth-order valence-corrected chi connectivity index (χ4v) is 2.36. The smallest absolute Gasteiger partial charge is 0.0925 e. The van der Waals surface area contributed by atoms with Crippen molar-refractivity contribution >= 4 is 0 Å². The summed E-state index contributed by atoms with van der Waals surface area (Å²) in [6, 6.07) is 0. The molecule has 0 bridgehead atoms. The average molecular weight is 236 g/mol. The summed E-state index contributed by atoms with van der Waals surface area (Å²) >= 11 is 0. The van der Waals surface area contributed by atoms with E-state index in [0.717, 1.165) is 0 Å². The third-order valence-corrected chi connectivity index (χ3v) is 3.82. The second kappa shape index (κ2) is 6.23. The molecule has 98 valence electrons. The van der Waals surface area contributed by atoms with Crippen LogP contribution in [0.15, 0.2) is 6.33 Å². The van der Waals surface area contributed by atoms with Gasteiger partial charge in [0, 0.05) is 11.1 Å². The van der Waals surface area contributed by atoms with Gasteiger partial charge in [-0.3, -0.25) is 0 Å². The van der Waals surface area contributed by atoms with Crippen LogP contribution < -0.4 is 0 Å². The van der Waals surface area contributed by atoms with Gasteiger partial charge in [-0.2, -0.15) is 0 Å². The number of imidazole rings is 1. The SMILES string of the molecule is CCCCCC(C)(C)c1nc[nH]c1C(C)CC. The molecule has 0 aliphatic heterocycles. The van der Waals surface area contributed by atoms with E-state index in [9.17, 15) is 0 Å². The lowest BCUT2D eigenvalue weighted by atomic mass is 9.80. The first kappa shape index (κ1) is 14.3. The Hall–Kier alpha value is -0.790. The number of nitrogens with zero attached hydrogens (tertiary/aromatic N) is 1. The Morgan fingerprint density at radius 3 is 2.59 bits per heavy atom. The van der Waals surface area contributed by atoms with Gasteiger partial charge in [-0.25, -0.2) is 4.98 Å². The molecule has 1 atom stereocenters. The number of rotatable bonds is 7. The fourth-order valence-electron chi connectivity index (χ4n) is 2.36. The van der Waals surface area contributed by atoms with Gasteiger partial charge in [0.2, 0.25) is 0 Å². The summed E-state index contributed by atoms with van der Waals surface area (Å²) in [5, 5.41) is 0. The Balaban J connectivity index is 2.79. The van der Waals surface area contributed by atoms with Crippen molar-refractivity contribution in [2.24, 2.45) is 0 Å². The Bertz CT molecular complexity index is 325. The molecule has 1 N–H and O–H groups in total. The summed E-state index contributed by atoms with van der Waals surface area (Å²) in [6.45, 7) is 11.4. The molecule has 1 rings (SSSR count). The van der Waals surface area contributed by atoms with Gasteiger partial charge in [-0.05, 0) is 18.8 Å². The topological polar surface area (TPSA) is 28.7 Å². The van der Waals surface area contributed by atoms with Gasteiger partial charge in [-0.15, -0.1) is 0 Å². The zero-order valence-electron chi connectivity index (χ0n) is 12.1. The largest absolute Gasteiger partial charge is 0.348 e. The number of aromatic nitrogens is 2. The van der Waals surface area contributed by atoms with Gasteiger partial charge in [-0.1, -0.05) is 53.9 Å². The van der Waals surface area contributed by atoms with Crippen molar-refractivity contribution in [3.8, 4) is 0 Å². The van der Waals surface area contributed by atoms with Crippen LogP contribution in [0.1, 0.15) is 84.0 Å². The van der Waals surface area contributed by atoms with Crippen molar-refractivity contribution < 1.29 is 0 Å². The predicted octanol–water partition coefficient (Wildman–Crippen LogP) is 4.78. The highest BCUT2D eigenvalue weighted by atomic mass is 14.9. The second-order valence-electron chi connectivity index (χ2n) is 5.82. The molecule has 0 aliphatic rings. The third-order valence-electron chi connectivity index (χ3n) is 3.82. The maximum atomic E-state index is 4.58. The molecule has 1 aromatic rings. The Morgan fingerprint density at radius 1 is 1.29 bits per heavy atom. The van der Waals surface area contributed by atoms with E-state index in [1.807, 2.05) is 6.33 Å². The van der Waals surface area contributed by atoms with Crippen LogP contribution >= 0.6 is 0 Å². The summed E-state index contributed by atoms with van der Waals surface area (Å²) in [5.74, 6) is 0.581. The Labute approximate surface area is 106 Å². The number of nitrogens with one attached hydrogen (secondary N) is 1. The molecule has 0 aliphatic carbocycles. The van der Waals surface area contributed by atoms with Crippen LogP contribution in [0.2, 0.25) is 0 Å². The van der Waals surface area contributed by atoms with Crippen LogP contribution in [0.25, 0.3) is 0 Å². The maximum absolute atomic E-state index is 4.58. The molecule has 2 nitrogen and oxygen atoms in total. The first-order chi connectivity index (χ1) is 8.03. The van der Waals surface area contributed by atoms with E-state index in [1.165, 1.54) is 43.5 Å². The monoisotopic (exact) mass is 236 g/mol. The average Bonchev–Trinajstić information content (AvgIpc) is 2.78. The van der Waals surface area contributed by atoms with Crippen molar-refractivity contribution in [2.75, 3.05) is 0 Å². The van der Waals surface area contributed by atoms with Gasteiger partial charge in [0.15, 0.2) is 0 Å². The van der Waals surface area contributed by atoms with Gasteiger partial charge in [0.05, 0.1) is 12.0 Å². The zero-order valence-corrected chi connectivity index (χ0v) is 12.1. The first-order valence-electron chi connectivity index (χ1n) is 7.06. The highest BCUT2D eigenvalue weighted by Crippen LogP contribution is 2.33. The minimum atomic E-state index is 0.202. The number of hydrogen-bond acceptors (Lipinski definition) is 1. The third kappa shape index (κ3) is 3.58. The molecule has 1 unspecified atom stereocenters. The molecule has 0 aromatic carbocycles. The Morgan fingerprint density at radius 2 is 2.00 bits per heavy atom. The van der Waals surface area contributed by atoms with Crippen molar-refractivity contribution in [2.45, 2.75) is 78.1 Å². The molecule has 17 heavy (non-hydrogen) atoms. The van der Waals surface area contributed by atoms with Gasteiger partial charge in [0.1, 0.15) is 0 Å². The summed E-state index contributed by atoms with van der Waals surface area (Å²) < 4.78 is 0. The molecule has 0 amide bonds. The predicted molar refractivity (Wildman–Crippen MR) is 74.5 cm³/mol. The molecule has 1 heterocycles. The summed E-state index contributed by atoms with van der Waals surface area (Å²) in [4.78, 5) is 7.92. The summed E-state index contributed by atoms with van der Waals surface area (Å²) in [7, 11) is 0. The number of unbranched alkanes of at least 4 members (excludes halogenated alkanes) is 2. The second-order valence-corrected chi connectivity index (χ2v) is 5.82. The minimum Gasteiger partial charge on any atom is -0.348 e. The lowest BCUT2D eigenvalue weighted by molar-refractivity contribution is 0.433. The standard InChI is InChI=1S/C15H28N2/c1-6-8-9-10-15(4,5)14-13(12(3)7-2)16-11-17-14/h11-12H,6-10H2,1-5H3,(H,16,17). The lowest BCUT2D eigenvalue weighted by Crippen LogP contribution is -2.20. The molecular formula is C15H28N2. The minimum absolute atomic E-state index is 0.202. The van der Waals surface area contributed by atoms with E-state index in [0.29, 0.717) is 5.92 Å². The van der Waals surface area contributed by atoms with Crippen LogP contribution in [-0.4, -0.2) is 9.97 Å². The van der Waals surface area contributed by atoms with Crippen molar-refractivity contribution in [1.82, 2.24) is 9.97 Å². The molecule has 0 spiro atoms. The highest BCUT2D eigenvalue weighted by Gasteiger charge is 2.27. The fraction of sp³-hybridized carbons (Fsp3) is 0.800. The van der Waals surface area contributed by atoms with E-state index in [4.69, 9.17) is 0 Å². The van der Waals surface area contributed by atoms with Crippen LogP contribution in [0.5, 0.6) is 0 Å². The van der Waals surface area contributed by atoms with E-state index < -0.39 is 0 Å². The number of aromatic amines is 1. The molecule has 2 heteroatoms. The molecule has 0 saturated carbocycles. The number of H-pyrrole nitrogens is 1. The van der Waals surface area contributed by atoms with E-state index >= 15 is 0 Å². The first-order valence-corrected chi connectivity index (χ1v) is 7.06. The molecule has 0 saturated heterocycles. The van der Waals surface area contributed by atoms with Crippen LogP contribution in [0.4, 0.5) is 0 Å². The highest BCUT2D eigenvalue weighted by molar-refractivity contribution is 5.23.